The first kappa shape index (κ1) is 22.7. The number of fused-ring (bicyclic) bond motifs is 1. The van der Waals surface area contributed by atoms with E-state index in [1.165, 1.54) is 13.4 Å². The molecule has 1 unspecified atom stereocenters. The van der Waals surface area contributed by atoms with Gasteiger partial charge in [0.15, 0.2) is 0 Å². The largest absolute Gasteiger partial charge is 0.465 e. The van der Waals surface area contributed by atoms with Crippen molar-refractivity contribution in [2.24, 2.45) is 0 Å². The van der Waals surface area contributed by atoms with Crippen LogP contribution in [-0.4, -0.2) is 39.1 Å². The summed E-state index contributed by atoms with van der Waals surface area (Å²) in [6, 6.07) is 16.6. The summed E-state index contributed by atoms with van der Waals surface area (Å²) in [6.07, 6.45) is 3.80. The van der Waals surface area contributed by atoms with Gasteiger partial charge >= 0.3 is 5.97 Å². The van der Waals surface area contributed by atoms with Crippen molar-refractivity contribution in [1.82, 2.24) is 19.4 Å². The highest BCUT2D eigenvalue weighted by Gasteiger charge is 2.29. The lowest BCUT2D eigenvalue weighted by Gasteiger charge is -2.29. The van der Waals surface area contributed by atoms with Crippen LogP contribution in [0.15, 0.2) is 76.3 Å². The van der Waals surface area contributed by atoms with Crippen LogP contribution in [0, 0.1) is 6.92 Å². The van der Waals surface area contributed by atoms with Crippen molar-refractivity contribution in [3.63, 3.8) is 0 Å². The van der Waals surface area contributed by atoms with Gasteiger partial charge in [-0.3, -0.25) is 14.3 Å². The lowest BCUT2D eigenvalue weighted by molar-refractivity contribution is 0.0600. The van der Waals surface area contributed by atoms with E-state index in [2.05, 4.69) is 9.88 Å². The first-order chi connectivity index (χ1) is 17.0. The van der Waals surface area contributed by atoms with Crippen molar-refractivity contribution in [3.05, 3.63) is 117 Å². The molecule has 0 spiro atoms. The molecular formula is C27H26N4O4. The summed E-state index contributed by atoms with van der Waals surface area (Å²) in [5, 5.41) is 0. The Morgan fingerprint density at radius 2 is 1.91 bits per heavy atom. The standard InChI is InChI=1S/C27H26N4O4/c1-18-29-23-12-14-30(16-19-8-10-21(11-9-19)27(33)34-2)17-22(23)26(32)31(18)24(25-28-13-15-35-25)20-6-4-3-5-7-20/h3-11,13,15,24H,12,14,16-17H2,1-2H3. The Hall–Kier alpha value is -4.04. The minimum atomic E-state index is -0.502. The van der Waals surface area contributed by atoms with Crippen LogP contribution in [-0.2, 0) is 24.2 Å². The van der Waals surface area contributed by atoms with E-state index in [1.807, 2.05) is 49.4 Å². The molecular weight excluding hydrogens is 444 g/mol. The molecule has 1 atom stereocenters. The molecule has 8 nitrogen and oxygen atoms in total. The number of hydrogen-bond donors (Lipinski definition) is 0. The van der Waals surface area contributed by atoms with E-state index in [1.54, 1.807) is 22.9 Å². The van der Waals surface area contributed by atoms with E-state index in [-0.39, 0.29) is 11.5 Å². The molecule has 2 aromatic heterocycles. The second kappa shape index (κ2) is 9.68. The molecule has 0 fully saturated rings. The molecule has 1 aliphatic rings. The number of oxazole rings is 1. The third-order valence-electron chi connectivity index (χ3n) is 6.36. The van der Waals surface area contributed by atoms with Gasteiger partial charge in [-0.25, -0.2) is 14.8 Å². The highest BCUT2D eigenvalue weighted by atomic mass is 16.5. The maximum atomic E-state index is 13.9. The van der Waals surface area contributed by atoms with Crippen LogP contribution in [0.25, 0.3) is 0 Å². The van der Waals surface area contributed by atoms with E-state index in [0.29, 0.717) is 42.4 Å². The fraction of sp³-hybridized carbons (Fsp3) is 0.259. The lowest BCUT2D eigenvalue weighted by Crippen LogP contribution is -2.40. The number of ether oxygens (including phenoxy) is 1. The van der Waals surface area contributed by atoms with E-state index in [0.717, 1.165) is 23.4 Å². The summed E-state index contributed by atoms with van der Waals surface area (Å²) in [6.45, 7) is 3.81. The molecule has 0 N–H and O–H groups in total. The van der Waals surface area contributed by atoms with Gasteiger partial charge in [0.1, 0.15) is 18.1 Å². The van der Waals surface area contributed by atoms with Crippen LogP contribution in [0.5, 0.6) is 0 Å². The van der Waals surface area contributed by atoms with Crippen molar-refractivity contribution in [2.75, 3.05) is 13.7 Å². The maximum absolute atomic E-state index is 13.9. The topological polar surface area (TPSA) is 90.5 Å². The first-order valence-electron chi connectivity index (χ1n) is 11.5. The molecule has 4 aromatic rings. The Balaban J connectivity index is 1.47. The molecule has 0 radical (unpaired) electrons. The van der Waals surface area contributed by atoms with Gasteiger partial charge in [-0.1, -0.05) is 42.5 Å². The highest BCUT2D eigenvalue weighted by Crippen LogP contribution is 2.26. The van der Waals surface area contributed by atoms with E-state index < -0.39 is 6.04 Å². The second-order valence-corrected chi connectivity index (χ2v) is 8.59. The van der Waals surface area contributed by atoms with Crippen molar-refractivity contribution < 1.29 is 13.9 Å². The van der Waals surface area contributed by atoms with Crippen LogP contribution < -0.4 is 5.56 Å². The van der Waals surface area contributed by atoms with E-state index >= 15 is 0 Å². The predicted molar refractivity (Wildman–Crippen MR) is 129 cm³/mol. The summed E-state index contributed by atoms with van der Waals surface area (Å²) in [4.78, 5) is 37.0. The summed E-state index contributed by atoms with van der Waals surface area (Å²) in [5.74, 6) is 0.721. The zero-order chi connectivity index (χ0) is 24.4. The average molecular weight is 471 g/mol. The van der Waals surface area contributed by atoms with Crippen molar-refractivity contribution >= 4 is 5.97 Å². The number of methoxy groups -OCH3 is 1. The number of benzene rings is 2. The molecule has 0 saturated carbocycles. The van der Waals surface area contributed by atoms with Crippen molar-refractivity contribution in [3.8, 4) is 0 Å². The first-order valence-corrected chi connectivity index (χ1v) is 11.5. The Kier molecular flexibility index (Phi) is 6.29. The maximum Gasteiger partial charge on any atom is 0.337 e. The van der Waals surface area contributed by atoms with Gasteiger partial charge in [0, 0.05) is 26.1 Å². The quantitative estimate of drug-likeness (QED) is 0.398. The van der Waals surface area contributed by atoms with Gasteiger partial charge in [0.2, 0.25) is 5.89 Å². The monoisotopic (exact) mass is 470 g/mol. The van der Waals surface area contributed by atoms with Gasteiger partial charge in [0.05, 0.1) is 30.1 Å². The third kappa shape index (κ3) is 4.52. The highest BCUT2D eigenvalue weighted by molar-refractivity contribution is 5.89. The van der Waals surface area contributed by atoms with E-state index in [4.69, 9.17) is 14.1 Å². The number of esters is 1. The fourth-order valence-electron chi connectivity index (χ4n) is 4.63. The van der Waals surface area contributed by atoms with Gasteiger partial charge in [0.25, 0.3) is 5.56 Å². The van der Waals surface area contributed by atoms with Crippen LogP contribution in [0.1, 0.15) is 50.5 Å². The molecule has 178 valence electrons. The number of aromatic nitrogens is 3. The summed E-state index contributed by atoms with van der Waals surface area (Å²) >= 11 is 0. The molecule has 3 heterocycles. The van der Waals surface area contributed by atoms with Gasteiger partial charge < -0.3 is 9.15 Å². The van der Waals surface area contributed by atoms with Crippen molar-refractivity contribution in [2.45, 2.75) is 32.5 Å². The van der Waals surface area contributed by atoms with Gasteiger partial charge in [-0.15, -0.1) is 0 Å². The Morgan fingerprint density at radius 1 is 1.14 bits per heavy atom. The molecule has 35 heavy (non-hydrogen) atoms. The zero-order valence-electron chi connectivity index (χ0n) is 19.7. The molecule has 0 saturated heterocycles. The smallest absolute Gasteiger partial charge is 0.337 e. The molecule has 0 bridgehead atoms. The SMILES string of the molecule is COC(=O)c1ccc(CN2CCc3nc(C)n(C(c4ccccc4)c4ncco4)c(=O)c3C2)cc1. The van der Waals surface area contributed by atoms with Crippen LogP contribution in [0.2, 0.25) is 0 Å². The number of nitrogens with zero attached hydrogens (tertiary/aromatic N) is 4. The lowest BCUT2D eigenvalue weighted by atomic mass is 10.0. The summed E-state index contributed by atoms with van der Waals surface area (Å²) in [5.41, 5.74) is 3.94. The molecule has 1 aliphatic heterocycles. The molecule has 5 rings (SSSR count). The molecule has 2 aromatic carbocycles. The fourth-order valence-corrected chi connectivity index (χ4v) is 4.63. The minimum Gasteiger partial charge on any atom is -0.465 e. The van der Waals surface area contributed by atoms with Crippen LogP contribution >= 0.6 is 0 Å². The number of carbonyl (C=O) groups is 1. The summed E-state index contributed by atoms with van der Waals surface area (Å²) < 4.78 is 12.1. The Bertz CT molecular complexity index is 1380. The number of carbonyl (C=O) groups excluding carboxylic acids is 1. The normalized spacial score (nSPS) is 14.3. The van der Waals surface area contributed by atoms with Gasteiger partial charge in [-0.2, -0.15) is 0 Å². The van der Waals surface area contributed by atoms with Gasteiger partial charge in [-0.05, 0) is 30.2 Å². The van der Waals surface area contributed by atoms with Crippen LogP contribution in [0.3, 0.4) is 0 Å². The number of aryl methyl sites for hydroxylation is 1. The number of rotatable bonds is 6. The predicted octanol–water partition coefficient (Wildman–Crippen LogP) is 3.52. The molecule has 0 aliphatic carbocycles. The third-order valence-corrected chi connectivity index (χ3v) is 6.36. The molecule has 8 heteroatoms. The average Bonchev–Trinajstić information content (AvgIpc) is 3.42. The zero-order valence-corrected chi connectivity index (χ0v) is 19.7. The van der Waals surface area contributed by atoms with Crippen LogP contribution in [0.4, 0.5) is 0 Å². The Morgan fingerprint density at radius 3 is 2.60 bits per heavy atom. The van der Waals surface area contributed by atoms with E-state index in [9.17, 15) is 9.59 Å². The molecule has 0 amide bonds. The Labute approximate surface area is 202 Å². The minimum absolute atomic E-state index is 0.0784. The summed E-state index contributed by atoms with van der Waals surface area (Å²) in [7, 11) is 1.37. The van der Waals surface area contributed by atoms with Crippen molar-refractivity contribution in [1.29, 1.82) is 0 Å². The number of hydrogen-bond acceptors (Lipinski definition) is 7. The second-order valence-electron chi connectivity index (χ2n) is 8.59.